The molecule has 1 saturated carbocycles. The summed E-state index contributed by atoms with van der Waals surface area (Å²) >= 11 is 0. The number of aliphatic hydroxyl groups is 3. The second kappa shape index (κ2) is 11.8. The highest BCUT2D eigenvalue weighted by Gasteiger charge is 2.55. The fraction of sp³-hybridized carbons (Fsp3) is 0.571. The maximum absolute atomic E-state index is 14.0. The number of fused-ring (bicyclic) bond motifs is 3. The number of carbonyl (C=O) groups is 3. The van der Waals surface area contributed by atoms with E-state index in [9.17, 15) is 45.0 Å². The van der Waals surface area contributed by atoms with Crippen LogP contribution in [0.15, 0.2) is 12.3 Å². The number of Topliss-reactive ketones (excluding diaryl/α,β-unsaturated/α-hetero) is 2. The molecule has 14 heteroatoms. The van der Waals surface area contributed by atoms with Crippen LogP contribution in [0.2, 0.25) is 0 Å². The molecular weight excluding hydrogens is 642 g/mol. The van der Waals surface area contributed by atoms with Gasteiger partial charge in [0, 0.05) is 48.7 Å². The fourth-order valence-electron chi connectivity index (χ4n) is 7.60. The molecule has 1 aliphatic carbocycles. The molecule has 2 aromatic rings. The Morgan fingerprint density at radius 3 is 2.14 bits per heavy atom. The number of nitrogens with one attached hydrogen (secondary N) is 1. The average molecular weight is 686 g/mol. The number of aliphatic hydroxyl groups excluding tert-OH is 3. The van der Waals surface area contributed by atoms with Crippen molar-refractivity contribution in [1.82, 2.24) is 0 Å². The smallest absolute Gasteiger partial charge is 0.312 e. The van der Waals surface area contributed by atoms with Crippen LogP contribution in [0.3, 0.4) is 0 Å². The van der Waals surface area contributed by atoms with E-state index in [0.29, 0.717) is 6.42 Å². The number of benzene rings is 2. The van der Waals surface area contributed by atoms with E-state index < -0.39 is 107 Å². The number of ketones is 2. The molecule has 11 atom stereocenters. The number of phenols is 3. The van der Waals surface area contributed by atoms with Crippen molar-refractivity contribution >= 4 is 33.9 Å². The molecule has 0 saturated heterocycles. The second-order valence-electron chi connectivity index (χ2n) is 14.3. The van der Waals surface area contributed by atoms with Crippen molar-refractivity contribution in [2.75, 3.05) is 12.4 Å². The summed E-state index contributed by atoms with van der Waals surface area (Å²) in [6.45, 7) is 9.13. The number of rotatable bonds is 1. The number of carbonyl (C=O) groups excluding carboxylic acids is 3. The van der Waals surface area contributed by atoms with Crippen LogP contribution in [-0.4, -0.2) is 91.0 Å². The number of aromatic hydroxyl groups is 3. The van der Waals surface area contributed by atoms with Gasteiger partial charge in [-0.1, -0.05) is 20.8 Å². The van der Waals surface area contributed by atoms with Gasteiger partial charge in [-0.15, -0.1) is 0 Å². The summed E-state index contributed by atoms with van der Waals surface area (Å²) in [4.78, 5) is 41.0. The molecule has 1 amide bonds. The Morgan fingerprint density at radius 2 is 1.49 bits per heavy atom. The minimum Gasteiger partial charge on any atom is -0.507 e. The van der Waals surface area contributed by atoms with E-state index >= 15 is 0 Å². The Morgan fingerprint density at radius 1 is 0.857 bits per heavy atom. The normalized spacial score (nSPS) is 38.2. The standard InChI is InChI=1S/C35H43NO13/c1-12-19(46-7)8-9-47-35(6)32(44)22-20-21(27(41)15(4)30(22)49-35)31-23(29(43)28(20)42)36-33(45)34(5,48-31)11-18(37)16-10-17(16)26(40)14(3)25(39)13(2)24(12)38/h8-9,12-14,16-17,19,24-26,38-43H,10-11H2,1-7H3,(H,36,45)/b9-8-/t12-,13+,14+,16-,17+,19+,24-,25+,26-,34+,35+/m1/s1. The summed E-state index contributed by atoms with van der Waals surface area (Å²) in [6, 6.07) is 0. The molecule has 3 heterocycles. The fourth-order valence-corrected chi connectivity index (χ4v) is 7.60. The first-order valence-corrected chi connectivity index (χ1v) is 16.3. The molecule has 49 heavy (non-hydrogen) atoms. The summed E-state index contributed by atoms with van der Waals surface area (Å²) in [7, 11) is 1.42. The van der Waals surface area contributed by atoms with E-state index in [1.54, 1.807) is 20.8 Å². The molecule has 0 radical (unpaired) electrons. The van der Waals surface area contributed by atoms with Crippen LogP contribution in [0, 0.1) is 36.5 Å². The predicted molar refractivity (Wildman–Crippen MR) is 172 cm³/mol. The zero-order valence-electron chi connectivity index (χ0n) is 28.3. The van der Waals surface area contributed by atoms with Gasteiger partial charge in [0.15, 0.2) is 22.8 Å². The van der Waals surface area contributed by atoms with E-state index in [2.05, 4.69) is 5.32 Å². The van der Waals surface area contributed by atoms with Gasteiger partial charge in [0.2, 0.25) is 0 Å². The molecule has 0 aromatic heterocycles. The summed E-state index contributed by atoms with van der Waals surface area (Å²) in [6.07, 6.45) is -1.66. The third kappa shape index (κ3) is 5.18. The third-order valence-corrected chi connectivity index (χ3v) is 11.0. The van der Waals surface area contributed by atoms with Gasteiger partial charge in [-0.2, -0.15) is 0 Å². The van der Waals surface area contributed by atoms with Crippen LogP contribution in [0.4, 0.5) is 5.69 Å². The number of amides is 1. The number of hydrogen-bond donors (Lipinski definition) is 7. The first-order chi connectivity index (χ1) is 22.9. The topological polar surface area (TPSA) is 222 Å². The van der Waals surface area contributed by atoms with Gasteiger partial charge in [0.1, 0.15) is 23.0 Å². The predicted octanol–water partition coefficient (Wildman–Crippen LogP) is 2.79. The van der Waals surface area contributed by atoms with Gasteiger partial charge >= 0.3 is 5.79 Å². The van der Waals surface area contributed by atoms with Crippen molar-refractivity contribution in [2.24, 2.45) is 29.6 Å². The number of ether oxygens (including phenoxy) is 4. The SMILES string of the molecule is CO[C@H]1/C=C\O[C@@]2(C)Oc3c(C)c(O)c4c5c(c(O)c(O)c4c3C2=O)NC(=O)[C@](C)(CC(=O)[C@@H]2C[C@@H]2[C@H](O)[C@@H](C)[C@@H](O)[C@@H](C)[C@H](O)[C@@H]1C)O5. The van der Waals surface area contributed by atoms with Crippen LogP contribution in [0.5, 0.6) is 28.7 Å². The van der Waals surface area contributed by atoms with E-state index in [-0.39, 0.29) is 39.1 Å². The molecule has 0 unspecified atom stereocenters. The molecule has 3 aliphatic heterocycles. The minimum atomic E-state index is -2.02. The van der Waals surface area contributed by atoms with Crippen LogP contribution < -0.4 is 14.8 Å². The second-order valence-corrected chi connectivity index (χ2v) is 14.3. The molecule has 2 aromatic carbocycles. The maximum atomic E-state index is 14.0. The lowest BCUT2D eigenvalue weighted by Crippen LogP contribution is -2.50. The average Bonchev–Trinajstić information content (AvgIpc) is 3.82. The van der Waals surface area contributed by atoms with Crippen LogP contribution in [0.25, 0.3) is 10.8 Å². The van der Waals surface area contributed by atoms with Gasteiger partial charge in [0.25, 0.3) is 11.7 Å². The Labute approximate surface area is 282 Å². The molecule has 6 rings (SSSR count). The Bertz CT molecular complexity index is 1790. The molecule has 266 valence electrons. The molecule has 4 aliphatic rings. The summed E-state index contributed by atoms with van der Waals surface area (Å²) < 4.78 is 23.5. The highest BCUT2D eigenvalue weighted by atomic mass is 16.7. The summed E-state index contributed by atoms with van der Waals surface area (Å²) in [5, 5.41) is 69.4. The van der Waals surface area contributed by atoms with E-state index in [1.807, 2.05) is 0 Å². The van der Waals surface area contributed by atoms with Gasteiger partial charge in [-0.3, -0.25) is 14.4 Å². The third-order valence-electron chi connectivity index (χ3n) is 11.0. The Hall–Kier alpha value is -4.11. The van der Waals surface area contributed by atoms with Crippen molar-refractivity contribution in [3.05, 3.63) is 23.5 Å². The van der Waals surface area contributed by atoms with E-state index in [0.717, 1.165) is 0 Å². The summed E-state index contributed by atoms with van der Waals surface area (Å²) in [5.41, 5.74) is -2.39. The van der Waals surface area contributed by atoms with Crippen LogP contribution in [0.1, 0.15) is 63.4 Å². The number of methoxy groups -OCH3 is 1. The van der Waals surface area contributed by atoms with Crippen molar-refractivity contribution < 1.29 is 64.0 Å². The molecule has 1 fully saturated rings. The van der Waals surface area contributed by atoms with Crippen LogP contribution in [-0.2, 0) is 19.1 Å². The monoisotopic (exact) mass is 685 g/mol. The van der Waals surface area contributed by atoms with Gasteiger partial charge < -0.3 is 54.9 Å². The molecule has 0 spiro atoms. The van der Waals surface area contributed by atoms with E-state index in [4.69, 9.17) is 18.9 Å². The first kappa shape index (κ1) is 34.7. The zero-order valence-corrected chi connectivity index (χ0v) is 28.3. The molecular formula is C35H43NO13. The lowest BCUT2D eigenvalue weighted by atomic mass is 9.79. The van der Waals surface area contributed by atoms with Crippen molar-refractivity contribution in [1.29, 1.82) is 0 Å². The number of anilines is 1. The number of phenolic OH excluding ortho intramolecular Hbond substituents is 3. The molecule has 14 nitrogen and oxygen atoms in total. The maximum Gasteiger partial charge on any atom is 0.312 e. The lowest BCUT2D eigenvalue weighted by Gasteiger charge is -2.36. The quantitative estimate of drug-likeness (QED) is 0.215. The Balaban J connectivity index is 1.50. The molecule has 7 N–H and O–H groups in total. The highest BCUT2D eigenvalue weighted by molar-refractivity contribution is 6.23. The van der Waals surface area contributed by atoms with Crippen molar-refractivity contribution in [2.45, 2.75) is 90.2 Å². The zero-order chi connectivity index (χ0) is 36.1. The van der Waals surface area contributed by atoms with Gasteiger partial charge in [-0.25, -0.2) is 0 Å². The minimum absolute atomic E-state index is 0.0686. The lowest BCUT2D eigenvalue weighted by molar-refractivity contribution is -0.137. The largest absolute Gasteiger partial charge is 0.507 e. The van der Waals surface area contributed by atoms with Crippen molar-refractivity contribution in [3.63, 3.8) is 0 Å². The van der Waals surface area contributed by atoms with Gasteiger partial charge in [-0.05, 0) is 32.3 Å². The first-order valence-electron chi connectivity index (χ1n) is 16.3. The van der Waals surface area contributed by atoms with Crippen molar-refractivity contribution in [3.8, 4) is 28.7 Å². The van der Waals surface area contributed by atoms with Crippen LogP contribution >= 0.6 is 0 Å². The number of hydrogen-bond acceptors (Lipinski definition) is 13. The highest BCUT2D eigenvalue weighted by Crippen LogP contribution is 2.59. The van der Waals surface area contributed by atoms with E-state index in [1.165, 1.54) is 40.2 Å². The summed E-state index contributed by atoms with van der Waals surface area (Å²) in [5.74, 6) is -9.78. The van der Waals surface area contributed by atoms with Gasteiger partial charge in [0.05, 0.1) is 48.0 Å². The Kier molecular flexibility index (Phi) is 8.33. The molecule has 6 bridgehead atoms.